The maximum Gasteiger partial charge on any atom is 0.343 e. The Balaban J connectivity index is 3.17. The number of rotatable bonds is 4. The van der Waals surface area contributed by atoms with Crippen LogP contribution in [0, 0.1) is 0 Å². The molecule has 1 heterocycles. The number of carbonyl (C=O) groups is 2. The first-order valence-electron chi connectivity index (χ1n) is 5.28. The van der Waals surface area contributed by atoms with Gasteiger partial charge in [0.15, 0.2) is 0 Å². The molecule has 0 aliphatic rings. The molecule has 0 aliphatic heterocycles. The van der Waals surface area contributed by atoms with Crippen LogP contribution in [0.15, 0.2) is 6.07 Å². The number of nitrogens with zero attached hydrogens (tertiary/aromatic N) is 1. The molecular formula is C11H13NO6. The Morgan fingerprint density at radius 3 is 1.78 bits per heavy atom. The number of carbonyl (C=O) groups excluding carboxylic acids is 2. The summed E-state index contributed by atoms with van der Waals surface area (Å²) in [5, 5.41) is 18.8. The highest BCUT2D eigenvalue weighted by molar-refractivity contribution is 5.98. The Labute approximate surface area is 103 Å². The third-order valence-electron chi connectivity index (χ3n) is 1.97. The van der Waals surface area contributed by atoms with Gasteiger partial charge in [-0.15, -0.1) is 0 Å². The molecule has 0 amide bonds. The minimum Gasteiger partial charge on any atom is -0.493 e. The zero-order chi connectivity index (χ0) is 13.7. The Morgan fingerprint density at radius 2 is 1.44 bits per heavy atom. The van der Waals surface area contributed by atoms with Crippen molar-refractivity contribution in [1.29, 1.82) is 0 Å². The van der Waals surface area contributed by atoms with Crippen LogP contribution in [0.4, 0.5) is 0 Å². The summed E-state index contributed by atoms with van der Waals surface area (Å²) in [7, 11) is 0. The van der Waals surface area contributed by atoms with E-state index in [4.69, 9.17) is 0 Å². The van der Waals surface area contributed by atoms with E-state index in [2.05, 4.69) is 14.5 Å². The molecule has 0 unspecified atom stereocenters. The summed E-state index contributed by atoms with van der Waals surface area (Å²) < 4.78 is 9.34. The largest absolute Gasteiger partial charge is 0.493 e. The summed E-state index contributed by atoms with van der Waals surface area (Å²) in [4.78, 5) is 26.2. The molecule has 0 spiro atoms. The molecule has 0 saturated heterocycles. The lowest BCUT2D eigenvalue weighted by atomic mass is 10.2. The van der Waals surface area contributed by atoms with E-state index in [0.717, 1.165) is 6.07 Å². The Morgan fingerprint density at radius 1 is 1.06 bits per heavy atom. The van der Waals surface area contributed by atoms with E-state index in [1.54, 1.807) is 13.8 Å². The fourth-order valence-electron chi connectivity index (χ4n) is 1.21. The quantitative estimate of drug-likeness (QED) is 0.768. The Hall–Kier alpha value is -2.31. The standard InChI is InChI=1S/C11H13NO6/c1-3-17-10(15)6-5-7(11(16)18-4-2)9(14)12-8(6)13/h5H,3-4H2,1-2H3,(H2,12,13,14). The fraction of sp³-hybridized carbons (Fsp3) is 0.364. The van der Waals surface area contributed by atoms with Crippen molar-refractivity contribution in [3.05, 3.63) is 17.2 Å². The van der Waals surface area contributed by atoms with Crippen LogP contribution < -0.4 is 0 Å². The van der Waals surface area contributed by atoms with Crippen LogP contribution in [0.2, 0.25) is 0 Å². The van der Waals surface area contributed by atoms with Gasteiger partial charge >= 0.3 is 11.9 Å². The van der Waals surface area contributed by atoms with E-state index in [9.17, 15) is 19.8 Å². The highest BCUT2D eigenvalue weighted by atomic mass is 16.5. The first-order valence-corrected chi connectivity index (χ1v) is 5.28. The molecule has 1 aromatic rings. The molecule has 0 aliphatic carbocycles. The zero-order valence-corrected chi connectivity index (χ0v) is 9.97. The molecule has 2 N–H and O–H groups in total. The summed E-state index contributed by atoms with van der Waals surface area (Å²) >= 11 is 0. The summed E-state index contributed by atoms with van der Waals surface area (Å²) in [6.45, 7) is 3.39. The lowest BCUT2D eigenvalue weighted by molar-refractivity contribution is 0.0519. The second-order valence-electron chi connectivity index (χ2n) is 3.17. The first-order chi connectivity index (χ1) is 8.51. The van der Waals surface area contributed by atoms with Crippen molar-refractivity contribution in [1.82, 2.24) is 4.98 Å². The monoisotopic (exact) mass is 255 g/mol. The molecule has 0 bridgehead atoms. The van der Waals surface area contributed by atoms with E-state index in [1.807, 2.05) is 0 Å². The van der Waals surface area contributed by atoms with E-state index in [1.165, 1.54) is 0 Å². The number of aromatic hydroxyl groups is 2. The molecule has 7 nitrogen and oxygen atoms in total. The SMILES string of the molecule is CCOC(=O)c1cc(C(=O)OCC)c(O)nc1O. The van der Waals surface area contributed by atoms with E-state index >= 15 is 0 Å². The molecule has 0 fully saturated rings. The van der Waals surface area contributed by atoms with Gasteiger partial charge in [0.2, 0.25) is 11.8 Å². The normalized spacial score (nSPS) is 9.89. The topological polar surface area (TPSA) is 106 Å². The van der Waals surface area contributed by atoms with Crippen molar-refractivity contribution >= 4 is 11.9 Å². The van der Waals surface area contributed by atoms with Gasteiger partial charge in [-0.2, -0.15) is 4.98 Å². The van der Waals surface area contributed by atoms with Crippen molar-refractivity contribution in [3.8, 4) is 11.8 Å². The van der Waals surface area contributed by atoms with Crippen molar-refractivity contribution in [2.75, 3.05) is 13.2 Å². The average molecular weight is 255 g/mol. The number of esters is 2. The molecule has 0 aromatic carbocycles. The van der Waals surface area contributed by atoms with E-state index in [0.29, 0.717) is 0 Å². The second-order valence-corrected chi connectivity index (χ2v) is 3.17. The van der Waals surface area contributed by atoms with Gasteiger partial charge < -0.3 is 19.7 Å². The lowest BCUT2D eigenvalue weighted by Gasteiger charge is -2.07. The molecule has 18 heavy (non-hydrogen) atoms. The minimum absolute atomic E-state index is 0.105. The van der Waals surface area contributed by atoms with Crippen LogP contribution in [0.25, 0.3) is 0 Å². The summed E-state index contributed by atoms with van der Waals surface area (Å²) in [5.74, 6) is -3.10. The number of hydrogen-bond donors (Lipinski definition) is 2. The van der Waals surface area contributed by atoms with Crippen molar-refractivity contribution in [2.24, 2.45) is 0 Å². The van der Waals surface area contributed by atoms with Gasteiger partial charge in [-0.3, -0.25) is 0 Å². The number of aromatic nitrogens is 1. The molecule has 1 rings (SSSR count). The number of hydrogen-bond acceptors (Lipinski definition) is 7. The summed E-state index contributed by atoms with van der Waals surface area (Å²) in [5.41, 5.74) is -0.615. The van der Waals surface area contributed by atoms with Gasteiger partial charge in [0, 0.05) is 0 Å². The maximum absolute atomic E-state index is 11.5. The predicted octanol–water partition coefficient (Wildman–Crippen LogP) is 0.846. The lowest BCUT2D eigenvalue weighted by Crippen LogP contribution is -2.10. The van der Waals surface area contributed by atoms with Crippen LogP contribution in [-0.2, 0) is 9.47 Å². The van der Waals surface area contributed by atoms with Crippen molar-refractivity contribution in [3.63, 3.8) is 0 Å². The second kappa shape index (κ2) is 5.85. The number of pyridine rings is 1. The first kappa shape index (κ1) is 13.8. The smallest absolute Gasteiger partial charge is 0.343 e. The van der Waals surface area contributed by atoms with Gasteiger partial charge in [0.25, 0.3) is 0 Å². The summed E-state index contributed by atoms with van der Waals surface area (Å²) in [6.07, 6.45) is 0. The molecule has 0 radical (unpaired) electrons. The van der Waals surface area contributed by atoms with Gasteiger partial charge in [-0.25, -0.2) is 9.59 Å². The van der Waals surface area contributed by atoms with Gasteiger partial charge in [0.05, 0.1) is 13.2 Å². The molecule has 98 valence electrons. The molecule has 0 saturated carbocycles. The van der Waals surface area contributed by atoms with Crippen LogP contribution >= 0.6 is 0 Å². The third kappa shape index (κ3) is 2.88. The summed E-state index contributed by atoms with van der Waals surface area (Å²) in [6, 6.07) is 0.980. The Bertz CT molecular complexity index is 432. The van der Waals surface area contributed by atoms with Crippen molar-refractivity contribution < 1.29 is 29.3 Å². The van der Waals surface area contributed by atoms with Gasteiger partial charge in [0.1, 0.15) is 11.1 Å². The number of ether oxygens (including phenoxy) is 2. The maximum atomic E-state index is 11.5. The molecule has 1 aromatic heterocycles. The van der Waals surface area contributed by atoms with Gasteiger partial charge in [-0.05, 0) is 19.9 Å². The van der Waals surface area contributed by atoms with Crippen LogP contribution in [0.1, 0.15) is 34.6 Å². The zero-order valence-electron chi connectivity index (χ0n) is 9.97. The Kier molecular flexibility index (Phi) is 4.47. The van der Waals surface area contributed by atoms with E-state index in [-0.39, 0.29) is 24.3 Å². The fourth-order valence-corrected chi connectivity index (χ4v) is 1.21. The molecule has 0 atom stereocenters. The minimum atomic E-state index is -0.840. The highest BCUT2D eigenvalue weighted by Gasteiger charge is 2.22. The third-order valence-corrected chi connectivity index (χ3v) is 1.97. The molecular weight excluding hydrogens is 242 g/mol. The van der Waals surface area contributed by atoms with Crippen LogP contribution in [-0.4, -0.2) is 40.3 Å². The van der Waals surface area contributed by atoms with Crippen LogP contribution in [0.3, 0.4) is 0 Å². The predicted molar refractivity (Wildman–Crippen MR) is 59.5 cm³/mol. The average Bonchev–Trinajstić information content (AvgIpc) is 2.29. The van der Waals surface area contributed by atoms with Gasteiger partial charge in [-0.1, -0.05) is 0 Å². The van der Waals surface area contributed by atoms with E-state index < -0.39 is 23.7 Å². The highest BCUT2D eigenvalue weighted by Crippen LogP contribution is 2.24. The molecule has 7 heteroatoms. The van der Waals surface area contributed by atoms with Crippen molar-refractivity contribution in [2.45, 2.75) is 13.8 Å². The van der Waals surface area contributed by atoms with Crippen LogP contribution in [0.5, 0.6) is 11.8 Å².